The van der Waals surface area contributed by atoms with Crippen molar-refractivity contribution in [2.24, 2.45) is 17.3 Å². The van der Waals surface area contributed by atoms with Gasteiger partial charge in [0.25, 0.3) is 0 Å². The van der Waals surface area contributed by atoms with Crippen molar-refractivity contribution in [3.05, 3.63) is 45.2 Å². The van der Waals surface area contributed by atoms with Gasteiger partial charge in [0, 0.05) is 29.0 Å². The van der Waals surface area contributed by atoms with E-state index in [9.17, 15) is 44.7 Å². The molecule has 0 spiro atoms. The number of likely N-dealkylation sites (N-methyl/N-ethyl adjacent to an activating group) is 1. The van der Waals surface area contributed by atoms with Crippen LogP contribution >= 0.6 is 0 Å². The van der Waals surface area contributed by atoms with Crippen molar-refractivity contribution in [2.45, 2.75) is 90.9 Å². The number of rotatable bonds is 4. The molecule has 0 bridgehead atoms. The minimum Gasteiger partial charge on any atom is -0.508 e. The SMILES string of the molecule is CC(=O)c1cc(C(C)(C)C)c(O)c2c1C(C)C1C(=C2O)C(=O)C2(O)C(O)=C(C(=O)CC(C)(C)C)C(=O)C(N(C)C)C2C1O. The molecule has 0 aliphatic heterocycles. The lowest BCUT2D eigenvalue weighted by atomic mass is 9.53. The number of carbonyl (C=O) groups is 4. The molecule has 43 heavy (non-hydrogen) atoms. The van der Waals surface area contributed by atoms with Gasteiger partial charge >= 0.3 is 0 Å². The normalized spacial score (nSPS) is 29.5. The number of hydrogen-bond acceptors (Lipinski definition) is 10. The Morgan fingerprint density at radius 1 is 1.02 bits per heavy atom. The van der Waals surface area contributed by atoms with Gasteiger partial charge in [0.15, 0.2) is 23.0 Å². The average molecular weight is 598 g/mol. The van der Waals surface area contributed by atoms with Gasteiger partial charge in [0.05, 0.1) is 23.6 Å². The molecule has 0 saturated heterocycles. The van der Waals surface area contributed by atoms with E-state index in [4.69, 9.17) is 0 Å². The number of nitrogens with zero attached hydrogens (tertiary/aromatic N) is 1. The molecule has 1 fully saturated rings. The fraction of sp³-hybridized carbons (Fsp3) is 0.576. The first-order chi connectivity index (χ1) is 19.5. The third-order valence-electron chi connectivity index (χ3n) is 9.13. The van der Waals surface area contributed by atoms with Crippen molar-refractivity contribution < 1.29 is 44.7 Å². The first-order valence-electron chi connectivity index (χ1n) is 14.5. The van der Waals surface area contributed by atoms with E-state index in [-0.39, 0.29) is 34.6 Å². The molecule has 6 unspecified atom stereocenters. The summed E-state index contributed by atoms with van der Waals surface area (Å²) in [6.45, 7) is 13.7. The Labute approximate surface area is 251 Å². The largest absolute Gasteiger partial charge is 0.508 e. The van der Waals surface area contributed by atoms with Crippen LogP contribution in [0.25, 0.3) is 5.76 Å². The van der Waals surface area contributed by atoms with Crippen molar-refractivity contribution >= 4 is 28.9 Å². The molecule has 6 atom stereocenters. The van der Waals surface area contributed by atoms with Crippen LogP contribution < -0.4 is 0 Å². The Balaban J connectivity index is 2.10. The van der Waals surface area contributed by atoms with Crippen LogP contribution in [0.2, 0.25) is 0 Å². The highest BCUT2D eigenvalue weighted by Crippen LogP contribution is 2.57. The number of hydrogen-bond donors (Lipinski definition) is 5. The molecule has 3 aliphatic carbocycles. The second-order valence-electron chi connectivity index (χ2n) is 14.8. The number of aliphatic hydroxyl groups is 4. The van der Waals surface area contributed by atoms with Crippen LogP contribution in [0.15, 0.2) is 23.0 Å². The summed E-state index contributed by atoms with van der Waals surface area (Å²) in [5.74, 6) is -9.11. The summed E-state index contributed by atoms with van der Waals surface area (Å²) in [7, 11) is 2.99. The van der Waals surface area contributed by atoms with Gasteiger partial charge in [-0.1, -0.05) is 48.5 Å². The second-order valence-corrected chi connectivity index (χ2v) is 14.8. The molecule has 1 aromatic carbocycles. The molecular formula is C33H43NO9. The van der Waals surface area contributed by atoms with Crippen LogP contribution in [0.3, 0.4) is 0 Å². The number of aliphatic hydroxyl groups excluding tert-OH is 3. The van der Waals surface area contributed by atoms with E-state index in [1.54, 1.807) is 54.5 Å². The summed E-state index contributed by atoms with van der Waals surface area (Å²) in [5.41, 5.74) is -4.80. The van der Waals surface area contributed by atoms with Crippen molar-refractivity contribution in [3.8, 4) is 5.75 Å². The number of phenolic OH excluding ortho intramolecular Hbond substituents is 1. The molecule has 5 N–H and O–H groups in total. The van der Waals surface area contributed by atoms with Crippen LogP contribution in [-0.2, 0) is 19.8 Å². The van der Waals surface area contributed by atoms with Gasteiger partial charge < -0.3 is 25.5 Å². The summed E-state index contributed by atoms with van der Waals surface area (Å²) in [6.07, 6.45) is -1.88. The predicted octanol–water partition coefficient (Wildman–Crippen LogP) is 3.52. The Morgan fingerprint density at radius 2 is 1.58 bits per heavy atom. The Hall–Kier alpha value is -3.34. The lowest BCUT2D eigenvalue weighted by Gasteiger charge is -2.54. The van der Waals surface area contributed by atoms with Crippen LogP contribution in [0.4, 0.5) is 0 Å². The number of aromatic hydroxyl groups is 1. The minimum atomic E-state index is -2.94. The van der Waals surface area contributed by atoms with Crippen molar-refractivity contribution in [1.29, 1.82) is 0 Å². The number of fused-ring (bicyclic) bond motifs is 3. The smallest absolute Gasteiger partial charge is 0.202 e. The molecule has 234 valence electrons. The van der Waals surface area contributed by atoms with Crippen LogP contribution in [0.5, 0.6) is 5.75 Å². The molecule has 0 aromatic heterocycles. The Morgan fingerprint density at radius 3 is 2.05 bits per heavy atom. The fourth-order valence-corrected chi connectivity index (χ4v) is 7.23. The van der Waals surface area contributed by atoms with E-state index in [0.29, 0.717) is 5.56 Å². The molecule has 0 amide bonds. The number of benzene rings is 1. The summed E-state index contributed by atoms with van der Waals surface area (Å²) < 4.78 is 0. The van der Waals surface area contributed by atoms with Crippen molar-refractivity contribution in [3.63, 3.8) is 0 Å². The van der Waals surface area contributed by atoms with E-state index in [0.717, 1.165) is 0 Å². The highest BCUT2D eigenvalue weighted by Gasteiger charge is 2.68. The molecule has 1 aromatic rings. The average Bonchev–Trinajstić information content (AvgIpc) is 2.83. The molecule has 3 aliphatic rings. The molecule has 4 rings (SSSR count). The first-order valence-corrected chi connectivity index (χ1v) is 14.5. The first kappa shape index (κ1) is 32.6. The maximum absolute atomic E-state index is 14.4. The van der Waals surface area contributed by atoms with Gasteiger partial charge in [-0.2, -0.15) is 0 Å². The summed E-state index contributed by atoms with van der Waals surface area (Å²) >= 11 is 0. The number of carbonyl (C=O) groups excluding carboxylic acids is 4. The quantitative estimate of drug-likeness (QED) is 0.255. The topological polar surface area (TPSA) is 173 Å². The van der Waals surface area contributed by atoms with Crippen LogP contribution in [-0.4, -0.2) is 85.4 Å². The highest BCUT2D eigenvalue weighted by molar-refractivity contribution is 6.25. The molecular weight excluding hydrogens is 554 g/mol. The van der Waals surface area contributed by atoms with Crippen molar-refractivity contribution in [1.82, 2.24) is 4.90 Å². The van der Waals surface area contributed by atoms with Gasteiger partial charge in [0.2, 0.25) is 5.78 Å². The molecule has 0 heterocycles. The van der Waals surface area contributed by atoms with Crippen LogP contribution in [0, 0.1) is 17.3 Å². The second kappa shape index (κ2) is 10.1. The molecule has 0 radical (unpaired) electrons. The monoisotopic (exact) mass is 597 g/mol. The Kier molecular flexibility index (Phi) is 7.65. The zero-order valence-electron chi connectivity index (χ0n) is 26.5. The minimum absolute atomic E-state index is 0.164. The highest BCUT2D eigenvalue weighted by atomic mass is 16.4. The zero-order chi connectivity index (χ0) is 32.9. The summed E-state index contributed by atoms with van der Waals surface area (Å²) in [5, 5.41) is 58.7. The van der Waals surface area contributed by atoms with E-state index in [1.165, 1.54) is 25.9 Å². The van der Waals surface area contributed by atoms with Gasteiger partial charge in [-0.3, -0.25) is 24.1 Å². The van der Waals surface area contributed by atoms with Gasteiger partial charge in [-0.25, -0.2) is 0 Å². The maximum atomic E-state index is 14.4. The number of phenols is 1. The van der Waals surface area contributed by atoms with E-state index in [2.05, 4.69) is 0 Å². The summed E-state index contributed by atoms with van der Waals surface area (Å²) in [4.78, 5) is 55.9. The third kappa shape index (κ3) is 4.65. The third-order valence-corrected chi connectivity index (χ3v) is 9.13. The standard InChI is InChI=1S/C33H43NO9/c1-13-18-15(14(2)35)11-16(32(6,7)8)25(37)21(18)26(38)22-19(13)27(39)23-24(34(9)10)28(40)20(17(36)12-31(3,4)5)29(41)33(23,43)30(22)42/h11,13,19,23-24,27,37-39,41,43H,12H2,1-10H3. The zero-order valence-corrected chi connectivity index (χ0v) is 26.5. The summed E-state index contributed by atoms with van der Waals surface area (Å²) in [6, 6.07) is 0.160. The van der Waals surface area contributed by atoms with Gasteiger partial charge in [0.1, 0.15) is 22.8 Å². The van der Waals surface area contributed by atoms with E-state index in [1.807, 2.05) is 0 Å². The maximum Gasteiger partial charge on any atom is 0.202 e. The Bertz CT molecular complexity index is 1520. The number of Topliss-reactive ketones (excluding diaryl/α,β-unsaturated/α-hetero) is 4. The van der Waals surface area contributed by atoms with Crippen LogP contribution in [0.1, 0.15) is 94.8 Å². The van der Waals surface area contributed by atoms with Gasteiger partial charge in [-0.05, 0) is 49.4 Å². The van der Waals surface area contributed by atoms with E-state index >= 15 is 0 Å². The number of ketones is 4. The van der Waals surface area contributed by atoms with E-state index < -0.39 is 86.3 Å². The molecule has 10 heteroatoms. The van der Waals surface area contributed by atoms with Gasteiger partial charge in [-0.15, -0.1) is 0 Å². The molecule has 1 saturated carbocycles. The lowest BCUT2D eigenvalue weighted by Crippen LogP contribution is -2.70. The molecule has 10 nitrogen and oxygen atoms in total. The lowest BCUT2D eigenvalue weighted by molar-refractivity contribution is -0.169. The predicted molar refractivity (Wildman–Crippen MR) is 159 cm³/mol. The fourth-order valence-electron chi connectivity index (χ4n) is 7.23. The van der Waals surface area contributed by atoms with Crippen molar-refractivity contribution in [2.75, 3.05) is 14.1 Å².